The predicted octanol–water partition coefficient (Wildman–Crippen LogP) is 2.23. The Morgan fingerprint density at radius 2 is 2.00 bits per heavy atom. The van der Waals surface area contributed by atoms with Crippen molar-refractivity contribution in [2.24, 2.45) is 0 Å². The van der Waals surface area contributed by atoms with Crippen LogP contribution in [-0.4, -0.2) is 40.8 Å². The molecule has 1 aromatic rings. The molecule has 0 aliphatic carbocycles. The van der Waals surface area contributed by atoms with Gasteiger partial charge in [-0.3, -0.25) is 0 Å². The fourth-order valence-corrected chi connectivity index (χ4v) is 2.75. The first-order valence-corrected chi connectivity index (χ1v) is 7.10. The first kappa shape index (κ1) is 14.2. The standard InChI is InChI=1S/C15H24N2O2/c1-3-17-8-6-12(7-9-17)16-11(2)14-10-13(18)4-5-15(14)19/h4-5,10-12,16,18-19H,3,6-9H2,1-2H3. The lowest BCUT2D eigenvalue weighted by molar-refractivity contribution is 0.200. The molecular weight excluding hydrogens is 240 g/mol. The van der Waals surface area contributed by atoms with Gasteiger partial charge in [0, 0.05) is 17.6 Å². The SMILES string of the molecule is CCN1CCC(NC(C)c2cc(O)ccc2O)CC1. The lowest BCUT2D eigenvalue weighted by atomic mass is 10.0. The second-order valence-electron chi connectivity index (χ2n) is 5.34. The molecule has 1 saturated heterocycles. The smallest absolute Gasteiger partial charge is 0.120 e. The zero-order valence-corrected chi connectivity index (χ0v) is 11.8. The van der Waals surface area contributed by atoms with Gasteiger partial charge >= 0.3 is 0 Å². The molecule has 1 fully saturated rings. The normalized spacial score (nSPS) is 19.5. The van der Waals surface area contributed by atoms with Gasteiger partial charge in [0.25, 0.3) is 0 Å². The Hall–Kier alpha value is -1.26. The summed E-state index contributed by atoms with van der Waals surface area (Å²) in [5.41, 5.74) is 0.762. The number of hydrogen-bond donors (Lipinski definition) is 3. The zero-order valence-electron chi connectivity index (χ0n) is 11.8. The second kappa shape index (κ2) is 6.26. The molecule has 0 aromatic heterocycles. The minimum atomic E-state index is 0.0466. The molecule has 1 aliphatic heterocycles. The van der Waals surface area contributed by atoms with Crippen LogP contribution in [0.1, 0.15) is 38.3 Å². The monoisotopic (exact) mass is 264 g/mol. The van der Waals surface area contributed by atoms with Crippen LogP contribution in [0.2, 0.25) is 0 Å². The van der Waals surface area contributed by atoms with Gasteiger partial charge in [0.05, 0.1) is 0 Å². The van der Waals surface area contributed by atoms with Gasteiger partial charge in [-0.05, 0) is 57.6 Å². The van der Waals surface area contributed by atoms with Crippen LogP contribution in [0, 0.1) is 0 Å². The van der Waals surface area contributed by atoms with Gasteiger partial charge in [0.1, 0.15) is 11.5 Å². The fourth-order valence-electron chi connectivity index (χ4n) is 2.75. The van der Waals surface area contributed by atoms with Crippen LogP contribution in [-0.2, 0) is 0 Å². The van der Waals surface area contributed by atoms with Crippen LogP contribution in [0.15, 0.2) is 18.2 Å². The third-order valence-corrected chi connectivity index (χ3v) is 4.00. The minimum absolute atomic E-state index is 0.0466. The summed E-state index contributed by atoms with van der Waals surface area (Å²) >= 11 is 0. The van der Waals surface area contributed by atoms with Gasteiger partial charge in [-0.25, -0.2) is 0 Å². The van der Waals surface area contributed by atoms with E-state index >= 15 is 0 Å². The van der Waals surface area contributed by atoms with Crippen LogP contribution in [0.5, 0.6) is 11.5 Å². The number of nitrogens with zero attached hydrogens (tertiary/aromatic N) is 1. The largest absolute Gasteiger partial charge is 0.508 e. The molecule has 4 nitrogen and oxygen atoms in total. The molecule has 2 rings (SSSR count). The second-order valence-corrected chi connectivity index (χ2v) is 5.34. The molecule has 1 aromatic carbocycles. The summed E-state index contributed by atoms with van der Waals surface area (Å²) in [6, 6.07) is 5.21. The highest BCUT2D eigenvalue weighted by Gasteiger charge is 2.21. The molecule has 1 aliphatic rings. The van der Waals surface area contributed by atoms with E-state index in [1.54, 1.807) is 12.1 Å². The molecule has 1 atom stereocenters. The summed E-state index contributed by atoms with van der Waals surface area (Å²) in [5.74, 6) is 0.436. The molecule has 0 amide bonds. The topological polar surface area (TPSA) is 55.7 Å². The van der Waals surface area contributed by atoms with E-state index in [0.29, 0.717) is 6.04 Å². The minimum Gasteiger partial charge on any atom is -0.508 e. The van der Waals surface area contributed by atoms with Crippen molar-refractivity contribution in [3.63, 3.8) is 0 Å². The number of likely N-dealkylation sites (tertiary alicyclic amines) is 1. The molecule has 1 unspecified atom stereocenters. The van der Waals surface area contributed by atoms with E-state index in [9.17, 15) is 10.2 Å². The maximum atomic E-state index is 9.86. The molecule has 106 valence electrons. The summed E-state index contributed by atoms with van der Waals surface area (Å²) < 4.78 is 0. The van der Waals surface area contributed by atoms with E-state index in [1.807, 2.05) is 6.92 Å². The summed E-state index contributed by atoms with van der Waals surface area (Å²) in [6.45, 7) is 7.61. The van der Waals surface area contributed by atoms with E-state index in [0.717, 1.165) is 38.0 Å². The number of aromatic hydroxyl groups is 2. The van der Waals surface area contributed by atoms with Gasteiger partial charge in [-0.1, -0.05) is 6.92 Å². The molecule has 0 spiro atoms. The van der Waals surface area contributed by atoms with Crippen molar-refractivity contribution in [1.29, 1.82) is 0 Å². The molecule has 0 radical (unpaired) electrons. The molecule has 0 bridgehead atoms. The summed E-state index contributed by atoms with van der Waals surface area (Å²) in [6.07, 6.45) is 2.27. The average molecular weight is 264 g/mol. The fraction of sp³-hybridized carbons (Fsp3) is 0.600. The third kappa shape index (κ3) is 3.61. The van der Waals surface area contributed by atoms with Gasteiger partial charge < -0.3 is 20.4 Å². The van der Waals surface area contributed by atoms with Gasteiger partial charge in [-0.2, -0.15) is 0 Å². The number of nitrogens with one attached hydrogen (secondary N) is 1. The van der Waals surface area contributed by atoms with E-state index in [4.69, 9.17) is 0 Å². The molecular formula is C15H24N2O2. The van der Waals surface area contributed by atoms with Crippen LogP contribution >= 0.6 is 0 Å². The lowest BCUT2D eigenvalue weighted by Gasteiger charge is -2.33. The number of piperidine rings is 1. The van der Waals surface area contributed by atoms with Crippen LogP contribution in [0.4, 0.5) is 0 Å². The Balaban J connectivity index is 1.94. The highest BCUT2D eigenvalue weighted by Crippen LogP contribution is 2.28. The number of hydrogen-bond acceptors (Lipinski definition) is 4. The van der Waals surface area contributed by atoms with Crippen molar-refractivity contribution in [2.45, 2.75) is 38.8 Å². The van der Waals surface area contributed by atoms with Crippen LogP contribution in [0.25, 0.3) is 0 Å². The van der Waals surface area contributed by atoms with Gasteiger partial charge in [0.15, 0.2) is 0 Å². The Bertz CT molecular complexity index is 415. The van der Waals surface area contributed by atoms with Crippen LogP contribution < -0.4 is 5.32 Å². The quantitative estimate of drug-likeness (QED) is 0.730. The Labute approximate surface area is 115 Å². The number of benzene rings is 1. The lowest BCUT2D eigenvalue weighted by Crippen LogP contribution is -2.43. The number of phenols is 2. The average Bonchev–Trinajstić information content (AvgIpc) is 2.42. The first-order valence-electron chi connectivity index (χ1n) is 7.10. The van der Waals surface area contributed by atoms with Gasteiger partial charge in [-0.15, -0.1) is 0 Å². The third-order valence-electron chi connectivity index (χ3n) is 4.00. The molecule has 4 heteroatoms. The van der Waals surface area contributed by atoms with Crippen molar-refractivity contribution >= 4 is 0 Å². The Kier molecular flexibility index (Phi) is 4.66. The van der Waals surface area contributed by atoms with E-state index in [1.165, 1.54) is 6.07 Å². The van der Waals surface area contributed by atoms with Crippen molar-refractivity contribution in [3.8, 4) is 11.5 Å². The molecule has 1 heterocycles. The number of rotatable bonds is 4. The highest BCUT2D eigenvalue weighted by molar-refractivity contribution is 5.40. The summed E-state index contributed by atoms with van der Waals surface area (Å²) in [7, 11) is 0. The predicted molar refractivity (Wildman–Crippen MR) is 76.5 cm³/mol. The molecule has 0 saturated carbocycles. The van der Waals surface area contributed by atoms with Gasteiger partial charge in [0.2, 0.25) is 0 Å². The Morgan fingerprint density at radius 3 is 2.63 bits per heavy atom. The van der Waals surface area contributed by atoms with E-state index in [2.05, 4.69) is 17.1 Å². The summed E-state index contributed by atoms with van der Waals surface area (Å²) in [5, 5.41) is 22.9. The van der Waals surface area contributed by atoms with Crippen molar-refractivity contribution < 1.29 is 10.2 Å². The van der Waals surface area contributed by atoms with E-state index in [-0.39, 0.29) is 17.5 Å². The van der Waals surface area contributed by atoms with Crippen molar-refractivity contribution in [1.82, 2.24) is 10.2 Å². The Morgan fingerprint density at radius 1 is 1.32 bits per heavy atom. The van der Waals surface area contributed by atoms with Crippen LogP contribution in [0.3, 0.4) is 0 Å². The first-order chi connectivity index (χ1) is 9.10. The summed E-state index contributed by atoms with van der Waals surface area (Å²) in [4.78, 5) is 2.45. The van der Waals surface area contributed by atoms with E-state index < -0.39 is 0 Å². The van der Waals surface area contributed by atoms with Crippen molar-refractivity contribution in [2.75, 3.05) is 19.6 Å². The maximum absolute atomic E-state index is 9.86. The zero-order chi connectivity index (χ0) is 13.8. The molecule has 3 N–H and O–H groups in total. The molecule has 19 heavy (non-hydrogen) atoms. The highest BCUT2D eigenvalue weighted by atomic mass is 16.3. The number of phenolic OH excluding ortho intramolecular Hbond substituents is 2. The van der Waals surface area contributed by atoms with Crippen molar-refractivity contribution in [3.05, 3.63) is 23.8 Å². The maximum Gasteiger partial charge on any atom is 0.120 e.